The third kappa shape index (κ3) is 7.93. The zero-order valence-electron chi connectivity index (χ0n) is 24.3. The van der Waals surface area contributed by atoms with Crippen LogP contribution in [0.1, 0.15) is 71.4 Å². The number of halogens is 1. The van der Waals surface area contributed by atoms with E-state index in [0.717, 1.165) is 37.9 Å². The van der Waals surface area contributed by atoms with Gasteiger partial charge in [0.1, 0.15) is 30.4 Å². The molecule has 1 aliphatic heterocycles. The third-order valence-corrected chi connectivity index (χ3v) is 9.70. The quantitative estimate of drug-likeness (QED) is 0.0790. The lowest BCUT2D eigenvalue weighted by molar-refractivity contribution is -0.150. The standard InChI is InChI=1S/C25H37FN7O10P/c1-14(22(36)41-16-7-3-4-8-16)29-44(39,30-15(2)23(37)42-17-9-5-6-10-17)40-13-25(31-32-27)20(35)19(26)21(43-25)33-12-11-18(34)28-24(33)38/h11-12,14-17,19-21,35H,3-10,13H2,1-2H3,(H,28,34,38)(H2,29,30,39)/t14-,15-,19+,20-,21+,25+/m0/s1. The van der Waals surface area contributed by atoms with Crippen molar-refractivity contribution in [2.75, 3.05) is 6.61 Å². The first-order valence-corrected chi connectivity index (χ1v) is 16.1. The number of carbonyl (C=O) groups is 2. The smallest absolute Gasteiger partial charge is 0.342 e. The number of hydrogen-bond donors (Lipinski definition) is 4. The molecule has 0 radical (unpaired) electrons. The number of nitrogens with one attached hydrogen (secondary N) is 3. The van der Waals surface area contributed by atoms with Crippen LogP contribution in [-0.4, -0.2) is 75.5 Å². The predicted molar refractivity (Wildman–Crippen MR) is 150 cm³/mol. The number of ether oxygens (including phenoxy) is 3. The number of aromatic nitrogens is 2. The fourth-order valence-corrected chi connectivity index (χ4v) is 7.17. The molecule has 2 aliphatic carbocycles. The van der Waals surface area contributed by atoms with E-state index in [1.54, 1.807) is 0 Å². The summed E-state index contributed by atoms with van der Waals surface area (Å²) in [4.78, 5) is 53.8. The molecule has 1 aromatic rings. The lowest BCUT2D eigenvalue weighted by Gasteiger charge is -2.31. The van der Waals surface area contributed by atoms with Gasteiger partial charge >= 0.3 is 25.3 Å². The van der Waals surface area contributed by atoms with Crippen LogP contribution in [-0.2, 0) is 32.9 Å². The third-order valence-electron chi connectivity index (χ3n) is 7.76. The van der Waals surface area contributed by atoms with Gasteiger partial charge in [-0.05, 0) is 70.7 Å². The van der Waals surface area contributed by atoms with Gasteiger partial charge in [-0.2, -0.15) is 0 Å². The van der Waals surface area contributed by atoms with E-state index in [2.05, 4.69) is 20.2 Å². The van der Waals surface area contributed by atoms with Crippen LogP contribution >= 0.6 is 7.67 Å². The summed E-state index contributed by atoms with van der Waals surface area (Å²) in [5, 5.41) is 19.1. The summed E-state index contributed by atoms with van der Waals surface area (Å²) < 4.78 is 52.1. The highest BCUT2D eigenvalue weighted by atomic mass is 31.2. The van der Waals surface area contributed by atoms with E-state index in [9.17, 15) is 34.4 Å². The van der Waals surface area contributed by atoms with Crippen molar-refractivity contribution in [3.8, 4) is 0 Å². The van der Waals surface area contributed by atoms with Crippen molar-refractivity contribution in [1.29, 1.82) is 0 Å². The van der Waals surface area contributed by atoms with Gasteiger partial charge in [0.05, 0.1) is 6.61 Å². The molecular weight excluding hydrogens is 608 g/mol. The summed E-state index contributed by atoms with van der Waals surface area (Å²) in [7, 11) is -4.52. The fourth-order valence-electron chi connectivity index (χ4n) is 5.35. The van der Waals surface area contributed by atoms with Gasteiger partial charge in [0.15, 0.2) is 12.4 Å². The first-order chi connectivity index (χ1) is 20.9. The van der Waals surface area contributed by atoms with Crippen molar-refractivity contribution in [2.45, 2.75) is 114 Å². The number of aliphatic hydroxyl groups is 1. The summed E-state index contributed by atoms with van der Waals surface area (Å²) >= 11 is 0. The van der Waals surface area contributed by atoms with Crippen LogP contribution < -0.4 is 21.4 Å². The number of aromatic amines is 1. The van der Waals surface area contributed by atoms with Gasteiger partial charge in [0.25, 0.3) is 5.56 Å². The molecule has 4 rings (SSSR count). The molecule has 19 heteroatoms. The highest BCUT2D eigenvalue weighted by molar-refractivity contribution is 7.54. The summed E-state index contributed by atoms with van der Waals surface area (Å²) in [6.45, 7) is 1.65. The van der Waals surface area contributed by atoms with Crippen LogP contribution in [0, 0.1) is 0 Å². The van der Waals surface area contributed by atoms with Gasteiger partial charge in [-0.25, -0.2) is 19.4 Å². The Morgan fingerprint density at radius 1 is 1.16 bits per heavy atom. The predicted octanol–water partition coefficient (Wildman–Crippen LogP) is 1.82. The molecule has 0 aromatic carbocycles. The van der Waals surface area contributed by atoms with Crippen LogP contribution in [0.4, 0.5) is 4.39 Å². The van der Waals surface area contributed by atoms with Crippen molar-refractivity contribution in [1.82, 2.24) is 19.7 Å². The number of carbonyl (C=O) groups excluding carboxylic acids is 2. The average Bonchev–Trinajstić information content (AvgIpc) is 3.72. The van der Waals surface area contributed by atoms with Gasteiger partial charge in [0, 0.05) is 17.2 Å². The highest BCUT2D eigenvalue weighted by Gasteiger charge is 2.57. The average molecular weight is 646 g/mol. The van der Waals surface area contributed by atoms with Crippen LogP contribution in [0.2, 0.25) is 0 Å². The van der Waals surface area contributed by atoms with Gasteiger partial charge in [-0.1, -0.05) is 5.11 Å². The summed E-state index contributed by atoms with van der Waals surface area (Å²) in [6.07, 6.45) is 0.131. The molecule has 17 nitrogen and oxygen atoms in total. The Hall–Kier alpha value is -3.11. The lowest BCUT2D eigenvalue weighted by atomic mass is 10.1. The number of aliphatic hydroxyl groups excluding tert-OH is 1. The molecule has 3 aliphatic rings. The second-order valence-corrected chi connectivity index (χ2v) is 13.0. The van der Waals surface area contributed by atoms with E-state index >= 15 is 4.39 Å². The van der Waals surface area contributed by atoms with Crippen LogP contribution in [0.25, 0.3) is 10.4 Å². The zero-order chi connectivity index (χ0) is 32.1. The zero-order valence-corrected chi connectivity index (χ0v) is 25.2. The maximum atomic E-state index is 15.3. The highest BCUT2D eigenvalue weighted by Crippen LogP contribution is 2.45. The van der Waals surface area contributed by atoms with E-state index in [1.165, 1.54) is 13.8 Å². The lowest BCUT2D eigenvalue weighted by Crippen LogP contribution is -2.47. The molecule has 3 fully saturated rings. The van der Waals surface area contributed by atoms with E-state index < -0.39 is 73.8 Å². The van der Waals surface area contributed by atoms with Crippen molar-refractivity contribution in [2.24, 2.45) is 5.11 Å². The van der Waals surface area contributed by atoms with E-state index in [1.807, 2.05) is 4.98 Å². The molecule has 6 atom stereocenters. The molecule has 2 heterocycles. The molecule has 0 bridgehead atoms. The van der Waals surface area contributed by atoms with Crippen LogP contribution in [0.15, 0.2) is 27.0 Å². The minimum absolute atomic E-state index is 0.301. The second kappa shape index (κ2) is 14.3. The monoisotopic (exact) mass is 645 g/mol. The summed E-state index contributed by atoms with van der Waals surface area (Å²) in [5.74, 6) is -1.49. The number of alkyl halides is 1. The molecule has 2 saturated carbocycles. The Labute approximate surface area is 251 Å². The molecule has 0 unspecified atom stereocenters. The maximum absolute atomic E-state index is 15.3. The number of nitrogens with zero attached hydrogens (tertiary/aromatic N) is 4. The molecule has 0 amide bonds. The molecule has 1 saturated heterocycles. The minimum Gasteiger partial charge on any atom is -0.461 e. The molecule has 0 spiro atoms. The Kier molecular flexibility index (Phi) is 11.0. The first-order valence-electron chi connectivity index (χ1n) is 14.5. The number of hydrogen-bond acceptors (Lipinski definition) is 11. The summed E-state index contributed by atoms with van der Waals surface area (Å²) in [5.41, 5.74) is 4.81. The van der Waals surface area contributed by atoms with Gasteiger partial charge in [-0.15, -0.1) is 0 Å². The molecule has 4 N–H and O–H groups in total. The number of esters is 2. The van der Waals surface area contributed by atoms with E-state index in [-0.39, 0.29) is 12.2 Å². The molecule has 1 aromatic heterocycles. The van der Waals surface area contributed by atoms with Gasteiger partial charge < -0.3 is 23.8 Å². The topological polar surface area (TPSA) is 236 Å². The summed E-state index contributed by atoms with van der Waals surface area (Å²) in [6, 6.07) is -1.56. The van der Waals surface area contributed by atoms with Crippen molar-refractivity contribution in [3.05, 3.63) is 43.5 Å². The van der Waals surface area contributed by atoms with Crippen LogP contribution in [0.5, 0.6) is 0 Å². The Morgan fingerprint density at radius 3 is 2.16 bits per heavy atom. The SMILES string of the molecule is C[C@H](NP(=O)(N[C@@H](C)C(=O)OC1CCCC1)OC[C@@]1(N=[N+]=[N-])O[C@@H](n2ccc(=O)[nH]c2=O)[C@H](F)[C@@H]1O)C(=O)OC1CCCC1. The van der Waals surface area contributed by atoms with Crippen molar-refractivity contribution >= 4 is 19.6 Å². The van der Waals surface area contributed by atoms with Gasteiger partial charge in [0.2, 0.25) is 5.72 Å². The molecule has 244 valence electrons. The first kappa shape index (κ1) is 33.8. The molecular formula is C25H37FN7O10P. The van der Waals surface area contributed by atoms with E-state index in [4.69, 9.17) is 18.7 Å². The van der Waals surface area contributed by atoms with Crippen molar-refractivity contribution < 1.29 is 42.4 Å². The Morgan fingerprint density at radius 2 is 1.68 bits per heavy atom. The normalized spacial score (nSPS) is 27.5. The number of azide groups is 1. The number of rotatable bonds is 13. The Bertz CT molecular complexity index is 1370. The second-order valence-electron chi connectivity index (χ2n) is 11.2. The van der Waals surface area contributed by atoms with Gasteiger partial charge in [-0.3, -0.25) is 28.5 Å². The number of H-pyrrole nitrogens is 1. The largest absolute Gasteiger partial charge is 0.461 e. The van der Waals surface area contributed by atoms with Crippen molar-refractivity contribution in [3.63, 3.8) is 0 Å². The van der Waals surface area contributed by atoms with E-state index in [0.29, 0.717) is 30.3 Å². The fraction of sp³-hybridized carbons (Fsp3) is 0.760. The Balaban J connectivity index is 1.55. The maximum Gasteiger partial charge on any atom is 0.342 e. The molecule has 44 heavy (non-hydrogen) atoms. The minimum atomic E-state index is -4.52. The van der Waals surface area contributed by atoms with Crippen LogP contribution in [0.3, 0.4) is 0 Å².